The number of allylic oxidation sites excluding steroid dienone is 2. The standard InChI is InChI=1S/C10H12FNO2/c1-7(3-8(2)11)5-12-9-4-10(13)14-6-9/h3-4,12H,2,5-6H2,1H3/b7-3+. The Labute approximate surface area is 81.9 Å². The van der Waals surface area contributed by atoms with Gasteiger partial charge in [-0.15, -0.1) is 0 Å². The number of halogens is 1. The minimum Gasteiger partial charge on any atom is -0.456 e. The SMILES string of the molecule is C=C(F)/C=C(\C)CNC1=CC(=O)OC1. The van der Waals surface area contributed by atoms with Gasteiger partial charge in [-0.25, -0.2) is 9.18 Å². The molecule has 1 aliphatic rings. The summed E-state index contributed by atoms with van der Waals surface area (Å²) >= 11 is 0. The molecule has 0 saturated carbocycles. The van der Waals surface area contributed by atoms with Crippen molar-refractivity contribution in [3.8, 4) is 0 Å². The average molecular weight is 197 g/mol. The number of rotatable bonds is 4. The fraction of sp³-hybridized carbons (Fsp3) is 0.300. The maximum Gasteiger partial charge on any atom is 0.333 e. The van der Waals surface area contributed by atoms with Gasteiger partial charge < -0.3 is 10.1 Å². The molecule has 76 valence electrons. The van der Waals surface area contributed by atoms with E-state index in [-0.39, 0.29) is 12.6 Å². The molecule has 0 bridgehead atoms. The van der Waals surface area contributed by atoms with Crippen LogP contribution in [0.1, 0.15) is 6.92 Å². The Kier molecular flexibility index (Phi) is 3.45. The Balaban J connectivity index is 2.37. The van der Waals surface area contributed by atoms with E-state index in [1.807, 2.05) is 0 Å². The van der Waals surface area contributed by atoms with Crippen molar-refractivity contribution in [1.29, 1.82) is 0 Å². The fourth-order valence-electron chi connectivity index (χ4n) is 1.05. The van der Waals surface area contributed by atoms with E-state index in [4.69, 9.17) is 0 Å². The number of hydrogen-bond donors (Lipinski definition) is 1. The van der Waals surface area contributed by atoms with Crippen LogP contribution in [0.15, 0.2) is 35.8 Å². The molecular weight excluding hydrogens is 185 g/mol. The van der Waals surface area contributed by atoms with Gasteiger partial charge in [0.15, 0.2) is 0 Å². The van der Waals surface area contributed by atoms with Crippen LogP contribution in [0.25, 0.3) is 0 Å². The number of carbonyl (C=O) groups excluding carboxylic acids is 1. The summed E-state index contributed by atoms with van der Waals surface area (Å²) in [6.45, 7) is 5.64. The lowest BCUT2D eigenvalue weighted by Crippen LogP contribution is -2.16. The van der Waals surface area contributed by atoms with E-state index in [0.29, 0.717) is 12.2 Å². The summed E-state index contributed by atoms with van der Waals surface area (Å²) in [5, 5.41) is 2.96. The van der Waals surface area contributed by atoms with Gasteiger partial charge in [-0.2, -0.15) is 0 Å². The Hall–Kier alpha value is -1.58. The van der Waals surface area contributed by atoms with Crippen molar-refractivity contribution in [2.24, 2.45) is 0 Å². The highest BCUT2D eigenvalue weighted by Gasteiger charge is 2.11. The molecule has 0 radical (unpaired) electrons. The van der Waals surface area contributed by atoms with Crippen molar-refractivity contribution < 1.29 is 13.9 Å². The molecule has 1 aliphatic heterocycles. The van der Waals surface area contributed by atoms with Crippen LogP contribution in [0, 0.1) is 0 Å². The number of hydrogen-bond acceptors (Lipinski definition) is 3. The van der Waals surface area contributed by atoms with E-state index >= 15 is 0 Å². The fourth-order valence-corrected chi connectivity index (χ4v) is 1.05. The zero-order valence-corrected chi connectivity index (χ0v) is 7.97. The largest absolute Gasteiger partial charge is 0.456 e. The first-order valence-corrected chi connectivity index (χ1v) is 4.20. The van der Waals surface area contributed by atoms with E-state index in [1.54, 1.807) is 6.92 Å². The van der Waals surface area contributed by atoms with Gasteiger partial charge in [-0.1, -0.05) is 12.2 Å². The number of nitrogens with one attached hydrogen (secondary N) is 1. The first kappa shape index (κ1) is 10.5. The highest BCUT2D eigenvalue weighted by Crippen LogP contribution is 2.04. The molecule has 1 heterocycles. The predicted molar refractivity (Wildman–Crippen MR) is 51.0 cm³/mol. The van der Waals surface area contributed by atoms with Crippen LogP contribution in [0.5, 0.6) is 0 Å². The first-order valence-electron chi connectivity index (χ1n) is 4.20. The normalized spacial score (nSPS) is 16.3. The lowest BCUT2D eigenvalue weighted by molar-refractivity contribution is -0.134. The van der Waals surface area contributed by atoms with Crippen LogP contribution in [0.4, 0.5) is 4.39 Å². The topological polar surface area (TPSA) is 38.3 Å². The minimum atomic E-state index is -0.475. The maximum absolute atomic E-state index is 12.3. The minimum absolute atomic E-state index is 0.267. The van der Waals surface area contributed by atoms with E-state index in [2.05, 4.69) is 16.6 Å². The highest BCUT2D eigenvalue weighted by atomic mass is 19.1. The van der Waals surface area contributed by atoms with Crippen molar-refractivity contribution in [3.05, 3.63) is 35.8 Å². The summed E-state index contributed by atoms with van der Waals surface area (Å²) in [4.78, 5) is 10.6. The number of ether oxygens (including phenoxy) is 1. The van der Waals surface area contributed by atoms with Gasteiger partial charge in [-0.05, 0) is 13.0 Å². The van der Waals surface area contributed by atoms with Crippen LogP contribution in [-0.2, 0) is 9.53 Å². The van der Waals surface area contributed by atoms with Crippen molar-refractivity contribution in [2.45, 2.75) is 6.92 Å². The zero-order chi connectivity index (χ0) is 10.6. The van der Waals surface area contributed by atoms with Crippen molar-refractivity contribution in [2.75, 3.05) is 13.2 Å². The molecule has 1 rings (SSSR count). The van der Waals surface area contributed by atoms with Crippen LogP contribution < -0.4 is 5.32 Å². The van der Waals surface area contributed by atoms with Crippen LogP contribution in [0.2, 0.25) is 0 Å². The summed E-state index contributed by atoms with van der Waals surface area (Å²) in [7, 11) is 0. The second kappa shape index (κ2) is 4.60. The van der Waals surface area contributed by atoms with Gasteiger partial charge in [0, 0.05) is 12.6 Å². The van der Waals surface area contributed by atoms with Crippen LogP contribution in [0.3, 0.4) is 0 Å². The number of esters is 1. The monoisotopic (exact) mass is 197 g/mol. The van der Waals surface area contributed by atoms with Crippen molar-refractivity contribution in [1.82, 2.24) is 5.32 Å². The quantitative estimate of drug-likeness (QED) is 0.547. The summed E-state index contributed by atoms with van der Waals surface area (Å²) < 4.78 is 17.0. The molecule has 0 fully saturated rings. The Morgan fingerprint density at radius 2 is 2.57 bits per heavy atom. The lowest BCUT2D eigenvalue weighted by Gasteiger charge is -2.05. The van der Waals surface area contributed by atoms with E-state index in [1.165, 1.54) is 12.2 Å². The smallest absolute Gasteiger partial charge is 0.333 e. The van der Waals surface area contributed by atoms with Gasteiger partial charge in [0.25, 0.3) is 0 Å². The molecule has 14 heavy (non-hydrogen) atoms. The third-order valence-electron chi connectivity index (χ3n) is 1.66. The molecule has 0 spiro atoms. The summed E-state index contributed by atoms with van der Waals surface area (Å²) in [6, 6.07) is 0. The highest BCUT2D eigenvalue weighted by molar-refractivity contribution is 5.85. The van der Waals surface area contributed by atoms with Crippen LogP contribution >= 0.6 is 0 Å². The van der Waals surface area contributed by atoms with Crippen molar-refractivity contribution in [3.63, 3.8) is 0 Å². The summed E-state index contributed by atoms with van der Waals surface area (Å²) in [6.07, 6.45) is 2.72. The second-order valence-corrected chi connectivity index (χ2v) is 3.07. The van der Waals surface area contributed by atoms with Gasteiger partial charge in [0.2, 0.25) is 0 Å². The van der Waals surface area contributed by atoms with Gasteiger partial charge in [0.1, 0.15) is 12.4 Å². The first-order chi connectivity index (χ1) is 6.58. The summed E-state index contributed by atoms with van der Waals surface area (Å²) in [5.41, 5.74) is 1.52. The average Bonchev–Trinajstić information content (AvgIpc) is 2.47. The molecule has 0 atom stereocenters. The summed E-state index contributed by atoms with van der Waals surface area (Å²) in [5.74, 6) is -0.818. The Morgan fingerprint density at radius 1 is 1.86 bits per heavy atom. The van der Waals surface area contributed by atoms with Gasteiger partial charge in [-0.3, -0.25) is 0 Å². The molecule has 0 aromatic rings. The van der Waals surface area contributed by atoms with Crippen molar-refractivity contribution >= 4 is 5.97 Å². The second-order valence-electron chi connectivity index (χ2n) is 3.07. The van der Waals surface area contributed by atoms with Gasteiger partial charge in [0.05, 0.1) is 5.70 Å². The molecule has 0 aromatic carbocycles. The molecule has 0 aliphatic carbocycles. The Bertz CT molecular complexity index is 318. The van der Waals surface area contributed by atoms with E-state index in [0.717, 1.165) is 5.57 Å². The third-order valence-corrected chi connectivity index (χ3v) is 1.66. The zero-order valence-electron chi connectivity index (χ0n) is 7.97. The Morgan fingerprint density at radius 3 is 3.07 bits per heavy atom. The molecule has 4 heteroatoms. The third kappa shape index (κ3) is 3.43. The predicted octanol–water partition coefficient (Wildman–Crippen LogP) is 1.45. The van der Waals surface area contributed by atoms with E-state index < -0.39 is 5.83 Å². The van der Waals surface area contributed by atoms with Gasteiger partial charge >= 0.3 is 5.97 Å². The maximum atomic E-state index is 12.3. The molecule has 0 aromatic heterocycles. The molecule has 0 unspecified atom stereocenters. The number of carbonyl (C=O) groups is 1. The van der Waals surface area contributed by atoms with Crippen LogP contribution in [-0.4, -0.2) is 19.1 Å². The molecule has 1 N–H and O–H groups in total. The molecular formula is C10H12FNO2. The molecule has 0 amide bonds. The van der Waals surface area contributed by atoms with E-state index in [9.17, 15) is 9.18 Å². The molecule has 0 saturated heterocycles. The molecule has 3 nitrogen and oxygen atoms in total. The lowest BCUT2D eigenvalue weighted by atomic mass is 10.2. The number of cyclic esters (lactones) is 1.